The second kappa shape index (κ2) is 3.63. The van der Waals surface area contributed by atoms with Crippen LogP contribution in [0, 0.1) is 6.92 Å². The lowest BCUT2D eigenvalue weighted by molar-refractivity contribution is 0.302. The molecule has 1 aliphatic rings. The number of fused-ring (bicyclic) bond motifs is 3. The van der Waals surface area contributed by atoms with Crippen LogP contribution in [0.3, 0.4) is 0 Å². The van der Waals surface area contributed by atoms with Gasteiger partial charge in [-0.15, -0.1) is 0 Å². The lowest BCUT2D eigenvalue weighted by Crippen LogP contribution is -2.05. The van der Waals surface area contributed by atoms with E-state index in [4.69, 9.17) is 4.74 Å². The molecular weight excluding hydrogens is 264 g/mol. The molecule has 0 unspecified atom stereocenters. The minimum absolute atomic E-state index is 0.667. The van der Waals surface area contributed by atoms with Crippen molar-refractivity contribution in [2.24, 2.45) is 0 Å². The summed E-state index contributed by atoms with van der Waals surface area (Å²) in [7, 11) is 0. The summed E-state index contributed by atoms with van der Waals surface area (Å²) in [4.78, 5) is 0. The first-order valence-corrected chi connectivity index (χ1v) is 6.05. The van der Waals surface area contributed by atoms with Gasteiger partial charge in [-0.25, -0.2) is 0 Å². The molecule has 2 aromatic carbocycles. The number of hydrogen-bond donors (Lipinski definition) is 0. The zero-order chi connectivity index (χ0) is 11.1. The van der Waals surface area contributed by atoms with Crippen LogP contribution >= 0.6 is 15.9 Å². The lowest BCUT2D eigenvalue weighted by atomic mass is 9.96. The Morgan fingerprint density at radius 1 is 1.06 bits per heavy atom. The molecule has 2 aromatic rings. The van der Waals surface area contributed by atoms with Gasteiger partial charge in [0.2, 0.25) is 0 Å². The normalized spacial score (nSPS) is 12.6. The Hall–Kier alpha value is -1.28. The molecule has 0 amide bonds. The molecule has 0 N–H and O–H groups in total. The summed E-state index contributed by atoms with van der Waals surface area (Å²) in [5.74, 6) is 0.964. The van der Waals surface area contributed by atoms with E-state index in [9.17, 15) is 0 Å². The molecule has 0 saturated heterocycles. The fraction of sp³-hybridized carbons (Fsp3) is 0.143. The van der Waals surface area contributed by atoms with Gasteiger partial charge in [-0.2, -0.15) is 0 Å². The molecule has 0 spiro atoms. The summed E-state index contributed by atoms with van der Waals surface area (Å²) in [5.41, 5.74) is 5.03. The first kappa shape index (κ1) is 9.91. The Kier molecular flexibility index (Phi) is 2.25. The predicted molar refractivity (Wildman–Crippen MR) is 68.6 cm³/mol. The highest BCUT2D eigenvalue weighted by molar-refractivity contribution is 9.10. The van der Waals surface area contributed by atoms with Crippen molar-refractivity contribution < 1.29 is 4.74 Å². The van der Waals surface area contributed by atoms with E-state index in [1.165, 1.54) is 22.3 Å². The van der Waals surface area contributed by atoms with Crippen molar-refractivity contribution in [3.63, 3.8) is 0 Å². The van der Waals surface area contributed by atoms with Gasteiger partial charge in [0.25, 0.3) is 0 Å². The van der Waals surface area contributed by atoms with Gasteiger partial charge < -0.3 is 4.74 Å². The van der Waals surface area contributed by atoms with Crippen molar-refractivity contribution in [3.05, 3.63) is 52.0 Å². The summed E-state index contributed by atoms with van der Waals surface area (Å²) in [5, 5.41) is 0. The second-order valence-corrected chi connectivity index (χ2v) is 5.01. The average Bonchev–Trinajstić information content (AvgIpc) is 2.28. The van der Waals surface area contributed by atoms with Crippen LogP contribution in [0.2, 0.25) is 0 Å². The Labute approximate surface area is 103 Å². The summed E-state index contributed by atoms with van der Waals surface area (Å²) in [6.45, 7) is 2.78. The molecule has 0 saturated carbocycles. The molecule has 1 aliphatic heterocycles. The second-order valence-electron chi connectivity index (χ2n) is 4.09. The highest BCUT2D eigenvalue weighted by Gasteiger charge is 2.16. The van der Waals surface area contributed by atoms with Crippen molar-refractivity contribution in [1.29, 1.82) is 0 Å². The highest BCUT2D eigenvalue weighted by Crippen LogP contribution is 2.39. The minimum atomic E-state index is 0.667. The fourth-order valence-electron chi connectivity index (χ4n) is 2.10. The van der Waals surface area contributed by atoms with E-state index in [0.717, 1.165) is 10.2 Å². The van der Waals surface area contributed by atoms with Crippen molar-refractivity contribution in [2.75, 3.05) is 0 Å². The fourth-order valence-corrected chi connectivity index (χ4v) is 2.44. The molecule has 0 fully saturated rings. The van der Waals surface area contributed by atoms with Gasteiger partial charge in [0, 0.05) is 10.0 Å². The van der Waals surface area contributed by atoms with E-state index in [1.54, 1.807) is 0 Å². The van der Waals surface area contributed by atoms with Gasteiger partial charge in [0.05, 0.1) is 0 Å². The van der Waals surface area contributed by atoms with E-state index in [0.29, 0.717) is 6.61 Å². The van der Waals surface area contributed by atoms with E-state index in [2.05, 4.69) is 53.2 Å². The predicted octanol–water partition coefficient (Wildman–Crippen LogP) is 4.32. The number of aryl methyl sites for hydroxylation is 1. The quantitative estimate of drug-likeness (QED) is 0.695. The third kappa shape index (κ3) is 1.54. The van der Waals surface area contributed by atoms with Gasteiger partial charge in [0.15, 0.2) is 0 Å². The molecule has 0 aromatic heterocycles. The standard InChI is InChI=1S/C14H11BrO/c1-9-2-4-12-10(6-9)8-16-14-7-11(15)3-5-13(12)14/h2-7H,8H2,1H3. The van der Waals surface area contributed by atoms with Gasteiger partial charge in [0.1, 0.15) is 12.4 Å². The molecule has 3 rings (SSSR count). The van der Waals surface area contributed by atoms with Crippen LogP contribution in [0.25, 0.3) is 11.1 Å². The summed E-state index contributed by atoms with van der Waals surface area (Å²) in [6, 6.07) is 12.7. The van der Waals surface area contributed by atoms with Gasteiger partial charge >= 0.3 is 0 Å². The third-order valence-electron chi connectivity index (χ3n) is 2.88. The Morgan fingerprint density at radius 2 is 1.88 bits per heavy atom. The van der Waals surface area contributed by atoms with Crippen molar-refractivity contribution in [2.45, 2.75) is 13.5 Å². The van der Waals surface area contributed by atoms with Crippen LogP contribution in [0.4, 0.5) is 0 Å². The smallest absolute Gasteiger partial charge is 0.128 e. The van der Waals surface area contributed by atoms with E-state index < -0.39 is 0 Å². The van der Waals surface area contributed by atoms with Crippen LogP contribution in [-0.4, -0.2) is 0 Å². The molecule has 1 heterocycles. The van der Waals surface area contributed by atoms with E-state index in [1.807, 2.05) is 6.07 Å². The molecule has 0 atom stereocenters. The lowest BCUT2D eigenvalue weighted by Gasteiger charge is -2.21. The maximum Gasteiger partial charge on any atom is 0.128 e. The van der Waals surface area contributed by atoms with Crippen LogP contribution in [0.5, 0.6) is 5.75 Å². The minimum Gasteiger partial charge on any atom is -0.488 e. The molecule has 16 heavy (non-hydrogen) atoms. The first-order valence-electron chi connectivity index (χ1n) is 5.26. The Bertz CT molecular complexity index is 509. The third-order valence-corrected chi connectivity index (χ3v) is 3.37. The number of halogens is 1. The zero-order valence-corrected chi connectivity index (χ0v) is 10.5. The van der Waals surface area contributed by atoms with E-state index in [-0.39, 0.29) is 0 Å². The summed E-state index contributed by atoms with van der Waals surface area (Å²) >= 11 is 3.46. The number of rotatable bonds is 0. The molecule has 0 bridgehead atoms. The number of hydrogen-bond acceptors (Lipinski definition) is 1. The van der Waals surface area contributed by atoms with Gasteiger partial charge in [-0.3, -0.25) is 0 Å². The summed E-state index contributed by atoms with van der Waals surface area (Å²) in [6.07, 6.45) is 0. The molecule has 1 nitrogen and oxygen atoms in total. The molecular formula is C14H11BrO. The van der Waals surface area contributed by atoms with Crippen molar-refractivity contribution in [1.82, 2.24) is 0 Å². The summed E-state index contributed by atoms with van der Waals surface area (Å²) < 4.78 is 6.81. The van der Waals surface area contributed by atoms with Crippen molar-refractivity contribution in [3.8, 4) is 16.9 Å². The van der Waals surface area contributed by atoms with Crippen molar-refractivity contribution >= 4 is 15.9 Å². The van der Waals surface area contributed by atoms with Crippen LogP contribution in [0.1, 0.15) is 11.1 Å². The highest BCUT2D eigenvalue weighted by atomic mass is 79.9. The molecule has 0 radical (unpaired) electrons. The van der Waals surface area contributed by atoms with Gasteiger partial charge in [-0.1, -0.05) is 39.7 Å². The van der Waals surface area contributed by atoms with E-state index >= 15 is 0 Å². The average molecular weight is 275 g/mol. The van der Waals surface area contributed by atoms with Crippen LogP contribution in [-0.2, 0) is 6.61 Å². The molecule has 2 heteroatoms. The molecule has 80 valence electrons. The first-order chi connectivity index (χ1) is 7.74. The van der Waals surface area contributed by atoms with Crippen LogP contribution < -0.4 is 4.74 Å². The maximum atomic E-state index is 5.76. The Morgan fingerprint density at radius 3 is 2.75 bits per heavy atom. The SMILES string of the molecule is Cc1ccc2c(c1)COc1cc(Br)ccc1-2. The van der Waals surface area contributed by atoms with Crippen LogP contribution in [0.15, 0.2) is 40.9 Å². The maximum absolute atomic E-state index is 5.76. The van der Waals surface area contributed by atoms with Gasteiger partial charge in [-0.05, 0) is 36.2 Å². The largest absolute Gasteiger partial charge is 0.488 e. The number of ether oxygens (including phenoxy) is 1. The Balaban J connectivity index is 2.23. The molecule has 0 aliphatic carbocycles. The zero-order valence-electron chi connectivity index (χ0n) is 8.96. The number of benzene rings is 2. The monoisotopic (exact) mass is 274 g/mol. The topological polar surface area (TPSA) is 9.23 Å².